The van der Waals surface area contributed by atoms with Gasteiger partial charge in [0.15, 0.2) is 0 Å². The molecule has 126 valence electrons. The summed E-state index contributed by atoms with van der Waals surface area (Å²) >= 11 is 1.81. The first-order valence-electron chi connectivity index (χ1n) is 8.58. The summed E-state index contributed by atoms with van der Waals surface area (Å²) < 4.78 is 9.15. The van der Waals surface area contributed by atoms with Crippen molar-refractivity contribution in [2.75, 3.05) is 24.6 Å². The number of hydrogen-bond acceptors (Lipinski definition) is 3. The Morgan fingerprint density at radius 1 is 1.00 bits per heavy atom. The van der Waals surface area contributed by atoms with Crippen molar-refractivity contribution in [3.63, 3.8) is 0 Å². The summed E-state index contributed by atoms with van der Waals surface area (Å²) in [6.07, 6.45) is 0. The van der Waals surface area contributed by atoms with Crippen LogP contribution in [0.25, 0.3) is 20.8 Å². The van der Waals surface area contributed by atoms with Crippen molar-refractivity contribution in [2.45, 2.75) is 20.8 Å². The van der Waals surface area contributed by atoms with Gasteiger partial charge in [0.25, 0.3) is 5.01 Å². The topological polar surface area (TPSA) is 16.4 Å². The molecule has 3 rings (SSSR count). The molecule has 0 saturated carbocycles. The monoisotopic (exact) mass is 341 g/mol. The molecule has 0 radical (unpaired) electrons. The molecule has 0 aliphatic heterocycles. The third-order valence-corrected chi connectivity index (χ3v) is 5.61. The van der Waals surface area contributed by atoms with E-state index in [2.05, 4.69) is 66.8 Å². The van der Waals surface area contributed by atoms with E-state index in [-0.39, 0.29) is 0 Å². The molecule has 0 aliphatic rings. The maximum absolute atomic E-state index is 5.63. The second kappa shape index (κ2) is 7.22. The average Bonchev–Trinajstić information content (AvgIpc) is 2.93. The van der Waals surface area contributed by atoms with E-state index in [1.807, 2.05) is 24.3 Å². The third-order valence-electron chi connectivity index (χ3n) is 4.36. The van der Waals surface area contributed by atoms with E-state index in [0.29, 0.717) is 6.61 Å². The number of hydrogen-bond donors (Lipinski definition) is 0. The lowest BCUT2D eigenvalue weighted by molar-refractivity contribution is -0.629. The normalized spacial score (nSPS) is 11.0. The largest absolute Gasteiger partial charge is 0.494 e. The molecule has 2 aromatic carbocycles. The van der Waals surface area contributed by atoms with Gasteiger partial charge in [-0.1, -0.05) is 11.3 Å². The van der Waals surface area contributed by atoms with Crippen molar-refractivity contribution in [3.05, 3.63) is 42.5 Å². The van der Waals surface area contributed by atoms with Gasteiger partial charge in [0, 0.05) is 30.9 Å². The first kappa shape index (κ1) is 16.8. The van der Waals surface area contributed by atoms with Crippen LogP contribution in [-0.2, 0) is 7.05 Å². The van der Waals surface area contributed by atoms with Gasteiger partial charge in [-0.3, -0.25) is 0 Å². The Kier molecular flexibility index (Phi) is 5.05. The lowest BCUT2D eigenvalue weighted by atomic mass is 10.2. The van der Waals surface area contributed by atoms with E-state index in [1.54, 1.807) is 0 Å². The second-order valence-electron chi connectivity index (χ2n) is 5.75. The van der Waals surface area contributed by atoms with Crippen LogP contribution in [0.1, 0.15) is 20.8 Å². The van der Waals surface area contributed by atoms with Crippen LogP contribution in [0.4, 0.5) is 5.69 Å². The number of aromatic nitrogens is 1. The minimum atomic E-state index is 0.697. The number of ether oxygens (including phenoxy) is 1. The molecule has 0 aliphatic carbocycles. The van der Waals surface area contributed by atoms with Crippen LogP contribution in [-0.4, -0.2) is 19.7 Å². The van der Waals surface area contributed by atoms with Crippen molar-refractivity contribution < 1.29 is 9.30 Å². The van der Waals surface area contributed by atoms with E-state index in [1.165, 1.54) is 26.5 Å². The van der Waals surface area contributed by atoms with Gasteiger partial charge in [0.05, 0.1) is 12.2 Å². The standard InChI is InChI=1S/C20H25N2OS/c1-5-22(6-2)16-10-8-15(9-11-16)20-21(4)18-13-12-17(23-7-3)14-19(18)24-20/h8-14H,5-7H2,1-4H3/q+1. The molecule has 0 unspecified atom stereocenters. The molecule has 1 aromatic heterocycles. The first-order valence-corrected chi connectivity index (χ1v) is 9.40. The van der Waals surface area contributed by atoms with Gasteiger partial charge >= 0.3 is 0 Å². The molecular formula is C20H25N2OS+. The highest BCUT2D eigenvalue weighted by Crippen LogP contribution is 2.31. The zero-order chi connectivity index (χ0) is 17.1. The molecule has 0 saturated heterocycles. The SMILES string of the molecule is CCOc1ccc2c(c1)sc(-c1ccc(N(CC)CC)cc1)[n+]2C. The van der Waals surface area contributed by atoms with E-state index in [4.69, 9.17) is 4.74 Å². The molecule has 0 N–H and O–H groups in total. The number of thiazole rings is 1. The van der Waals surface area contributed by atoms with Crippen LogP contribution in [0.3, 0.4) is 0 Å². The quantitative estimate of drug-likeness (QED) is 0.607. The first-order chi connectivity index (χ1) is 11.7. The fourth-order valence-electron chi connectivity index (χ4n) is 3.05. The molecule has 3 aromatic rings. The highest BCUT2D eigenvalue weighted by molar-refractivity contribution is 7.21. The maximum atomic E-state index is 5.63. The van der Waals surface area contributed by atoms with Gasteiger partial charge in [-0.15, -0.1) is 0 Å². The van der Waals surface area contributed by atoms with Gasteiger partial charge in [0.2, 0.25) is 5.52 Å². The Balaban J connectivity index is 1.98. The molecule has 0 spiro atoms. The number of nitrogens with zero attached hydrogens (tertiary/aromatic N) is 2. The Morgan fingerprint density at radius 3 is 2.33 bits per heavy atom. The van der Waals surface area contributed by atoms with Crippen molar-refractivity contribution in [2.24, 2.45) is 7.05 Å². The summed E-state index contributed by atoms with van der Waals surface area (Å²) in [6, 6.07) is 15.2. The molecule has 0 fully saturated rings. The van der Waals surface area contributed by atoms with Crippen LogP contribution >= 0.6 is 11.3 Å². The third kappa shape index (κ3) is 3.11. The molecule has 4 heteroatoms. The smallest absolute Gasteiger partial charge is 0.269 e. The van der Waals surface area contributed by atoms with E-state index in [0.717, 1.165) is 18.8 Å². The Hall–Kier alpha value is -2.07. The summed E-state index contributed by atoms with van der Waals surface area (Å²) in [4.78, 5) is 2.36. The van der Waals surface area contributed by atoms with Crippen LogP contribution in [0.2, 0.25) is 0 Å². The lowest BCUT2D eigenvalue weighted by Gasteiger charge is -2.20. The minimum Gasteiger partial charge on any atom is -0.494 e. The molecule has 24 heavy (non-hydrogen) atoms. The zero-order valence-corrected chi connectivity index (χ0v) is 15.7. The van der Waals surface area contributed by atoms with Crippen molar-refractivity contribution in [1.29, 1.82) is 0 Å². The van der Waals surface area contributed by atoms with Crippen LogP contribution in [0, 0.1) is 0 Å². The number of anilines is 1. The highest BCUT2D eigenvalue weighted by Gasteiger charge is 2.19. The van der Waals surface area contributed by atoms with Gasteiger partial charge < -0.3 is 9.64 Å². The van der Waals surface area contributed by atoms with Crippen molar-refractivity contribution >= 4 is 27.2 Å². The summed E-state index contributed by atoms with van der Waals surface area (Å²) in [7, 11) is 2.13. The fraction of sp³-hybridized carbons (Fsp3) is 0.350. The molecule has 0 atom stereocenters. The number of rotatable bonds is 6. The predicted molar refractivity (Wildman–Crippen MR) is 103 cm³/mol. The van der Waals surface area contributed by atoms with Crippen molar-refractivity contribution in [1.82, 2.24) is 0 Å². The Morgan fingerprint density at radius 2 is 1.71 bits per heavy atom. The fourth-order valence-corrected chi connectivity index (χ4v) is 4.23. The highest BCUT2D eigenvalue weighted by atomic mass is 32.1. The van der Waals surface area contributed by atoms with Crippen LogP contribution < -0.4 is 14.2 Å². The van der Waals surface area contributed by atoms with Crippen LogP contribution in [0.15, 0.2) is 42.5 Å². The second-order valence-corrected chi connectivity index (χ2v) is 6.78. The van der Waals surface area contributed by atoms with E-state index < -0.39 is 0 Å². The predicted octanol–water partition coefficient (Wildman–Crippen LogP) is 4.64. The summed E-state index contributed by atoms with van der Waals surface area (Å²) in [5.74, 6) is 0.940. The van der Waals surface area contributed by atoms with Gasteiger partial charge in [-0.05, 0) is 51.1 Å². The Bertz CT molecular complexity index is 820. The minimum absolute atomic E-state index is 0.697. The molecule has 0 amide bonds. The van der Waals surface area contributed by atoms with Gasteiger partial charge in [-0.25, -0.2) is 0 Å². The maximum Gasteiger partial charge on any atom is 0.269 e. The van der Waals surface area contributed by atoms with Crippen LogP contribution in [0.5, 0.6) is 5.75 Å². The van der Waals surface area contributed by atoms with E-state index in [9.17, 15) is 0 Å². The summed E-state index contributed by atoms with van der Waals surface area (Å²) in [5, 5.41) is 1.27. The molecule has 1 heterocycles. The Labute approximate surface area is 148 Å². The number of benzene rings is 2. The van der Waals surface area contributed by atoms with E-state index >= 15 is 0 Å². The molecule has 3 nitrogen and oxygen atoms in total. The van der Waals surface area contributed by atoms with Gasteiger partial charge in [-0.2, -0.15) is 4.57 Å². The summed E-state index contributed by atoms with van der Waals surface area (Å²) in [5.41, 5.74) is 3.78. The molecule has 0 bridgehead atoms. The average molecular weight is 342 g/mol. The summed E-state index contributed by atoms with van der Waals surface area (Å²) in [6.45, 7) is 9.17. The zero-order valence-electron chi connectivity index (χ0n) is 14.9. The number of fused-ring (bicyclic) bond motifs is 1. The van der Waals surface area contributed by atoms with Gasteiger partial charge in [0.1, 0.15) is 17.5 Å². The molecular weight excluding hydrogens is 316 g/mol. The van der Waals surface area contributed by atoms with Crippen molar-refractivity contribution in [3.8, 4) is 16.3 Å². The number of aryl methyl sites for hydroxylation is 1. The lowest BCUT2D eigenvalue weighted by Crippen LogP contribution is -2.28.